The van der Waals surface area contributed by atoms with Crippen LogP contribution in [0, 0.1) is 17.8 Å². The molecule has 0 spiro atoms. The largest absolute Gasteiger partial charge is 0.312 e. The average Bonchev–Trinajstić information content (AvgIpc) is 3.19. The second kappa shape index (κ2) is 5.11. The van der Waals surface area contributed by atoms with E-state index in [1.165, 1.54) is 37.8 Å². The Hall–Kier alpha value is -0.340. The maximum absolute atomic E-state index is 3.65. The highest BCUT2D eigenvalue weighted by Gasteiger charge is 2.40. The number of rotatable bonds is 6. The fourth-order valence-electron chi connectivity index (χ4n) is 2.75. The van der Waals surface area contributed by atoms with Crippen molar-refractivity contribution in [3.63, 3.8) is 0 Å². The molecule has 1 aromatic rings. The van der Waals surface area contributed by atoms with Gasteiger partial charge in [0.25, 0.3) is 0 Å². The van der Waals surface area contributed by atoms with Crippen LogP contribution in [0.3, 0.4) is 0 Å². The molecule has 2 aliphatic carbocycles. The van der Waals surface area contributed by atoms with Crippen LogP contribution >= 0.6 is 15.9 Å². The Kier molecular flexibility index (Phi) is 3.53. The van der Waals surface area contributed by atoms with Gasteiger partial charge < -0.3 is 5.32 Å². The molecular weight excluding hydrogens is 274 g/mol. The van der Waals surface area contributed by atoms with Gasteiger partial charge in [0, 0.05) is 11.0 Å². The highest BCUT2D eigenvalue weighted by molar-refractivity contribution is 9.10. The first-order chi connectivity index (χ1) is 8.33. The third kappa shape index (κ3) is 3.32. The summed E-state index contributed by atoms with van der Waals surface area (Å²) >= 11 is 3.47. The summed E-state index contributed by atoms with van der Waals surface area (Å²) in [5.41, 5.74) is 1.39. The maximum atomic E-state index is 3.65. The number of hydrogen-bond donors (Lipinski definition) is 1. The minimum atomic E-state index is 0.977. The van der Waals surface area contributed by atoms with E-state index >= 15 is 0 Å². The van der Waals surface area contributed by atoms with Crippen molar-refractivity contribution in [3.8, 4) is 0 Å². The van der Waals surface area contributed by atoms with Crippen LogP contribution in [-0.4, -0.2) is 6.54 Å². The van der Waals surface area contributed by atoms with Crippen LogP contribution in [0.15, 0.2) is 28.7 Å². The molecule has 0 unspecified atom stereocenters. The third-order valence-corrected chi connectivity index (χ3v) is 4.61. The van der Waals surface area contributed by atoms with Gasteiger partial charge in [-0.15, -0.1) is 0 Å². The van der Waals surface area contributed by atoms with Crippen LogP contribution in [0.2, 0.25) is 0 Å². The lowest BCUT2D eigenvalue weighted by molar-refractivity contribution is 0.378. The minimum Gasteiger partial charge on any atom is -0.312 e. The summed E-state index contributed by atoms with van der Waals surface area (Å²) in [7, 11) is 0. The maximum Gasteiger partial charge on any atom is 0.0205 e. The molecule has 2 saturated carbocycles. The number of hydrogen-bond acceptors (Lipinski definition) is 1. The first kappa shape index (κ1) is 11.7. The number of benzene rings is 1. The zero-order valence-electron chi connectivity index (χ0n) is 10.2. The van der Waals surface area contributed by atoms with Gasteiger partial charge in [0.2, 0.25) is 0 Å². The first-order valence-electron chi connectivity index (χ1n) is 6.78. The molecule has 0 aromatic heterocycles. The Morgan fingerprint density at radius 1 is 1.06 bits per heavy atom. The van der Waals surface area contributed by atoms with Crippen LogP contribution in [0.1, 0.15) is 31.2 Å². The van der Waals surface area contributed by atoms with E-state index < -0.39 is 0 Å². The molecule has 0 radical (unpaired) electrons. The van der Waals surface area contributed by atoms with E-state index in [1.54, 1.807) is 0 Å². The summed E-state index contributed by atoms with van der Waals surface area (Å²) in [6.45, 7) is 2.24. The normalized spacial score (nSPS) is 19.9. The van der Waals surface area contributed by atoms with Crippen LogP contribution in [-0.2, 0) is 6.54 Å². The van der Waals surface area contributed by atoms with E-state index in [0.29, 0.717) is 0 Å². The molecule has 1 nitrogen and oxygen atoms in total. The average molecular weight is 294 g/mol. The van der Waals surface area contributed by atoms with Gasteiger partial charge in [-0.3, -0.25) is 0 Å². The van der Waals surface area contributed by atoms with Crippen molar-refractivity contribution in [1.29, 1.82) is 0 Å². The van der Waals surface area contributed by atoms with Crippen molar-refractivity contribution in [2.24, 2.45) is 17.8 Å². The Morgan fingerprint density at radius 2 is 1.65 bits per heavy atom. The molecule has 2 fully saturated rings. The van der Waals surface area contributed by atoms with Crippen molar-refractivity contribution in [2.75, 3.05) is 6.54 Å². The Morgan fingerprint density at radius 3 is 2.18 bits per heavy atom. The van der Waals surface area contributed by atoms with Crippen molar-refractivity contribution in [2.45, 2.75) is 32.2 Å². The predicted molar refractivity (Wildman–Crippen MR) is 74.8 cm³/mol. The molecule has 0 bridgehead atoms. The molecule has 0 heterocycles. The van der Waals surface area contributed by atoms with Crippen molar-refractivity contribution < 1.29 is 0 Å². The summed E-state index contributed by atoms with van der Waals surface area (Å²) in [5, 5.41) is 3.65. The van der Waals surface area contributed by atoms with Gasteiger partial charge in [0.1, 0.15) is 0 Å². The van der Waals surface area contributed by atoms with Gasteiger partial charge in [-0.25, -0.2) is 0 Å². The minimum absolute atomic E-state index is 0.977. The molecular formula is C15H20BrN. The lowest BCUT2D eigenvalue weighted by Gasteiger charge is -2.16. The first-order valence-corrected chi connectivity index (χ1v) is 7.57. The molecule has 0 atom stereocenters. The second-order valence-corrected chi connectivity index (χ2v) is 6.51. The van der Waals surface area contributed by atoms with E-state index in [4.69, 9.17) is 0 Å². The fraction of sp³-hybridized carbons (Fsp3) is 0.600. The second-order valence-electron chi connectivity index (χ2n) is 5.60. The SMILES string of the molecule is Brc1ccc(CNCC(C2CC2)C2CC2)cc1. The van der Waals surface area contributed by atoms with Crippen LogP contribution in [0.4, 0.5) is 0 Å². The standard InChI is InChI=1S/C15H20BrN/c16-14-7-1-11(2-8-14)9-17-10-15(12-3-4-12)13-5-6-13/h1-2,7-8,12-13,15,17H,3-6,9-10H2. The van der Waals surface area contributed by atoms with Crippen molar-refractivity contribution in [3.05, 3.63) is 34.3 Å². The molecule has 2 aliphatic rings. The Balaban J connectivity index is 1.45. The van der Waals surface area contributed by atoms with Gasteiger partial charge >= 0.3 is 0 Å². The number of halogens is 1. The van der Waals surface area contributed by atoms with E-state index in [-0.39, 0.29) is 0 Å². The zero-order valence-corrected chi connectivity index (χ0v) is 11.7. The van der Waals surface area contributed by atoms with Crippen LogP contribution < -0.4 is 5.32 Å². The van der Waals surface area contributed by atoms with E-state index in [9.17, 15) is 0 Å². The monoisotopic (exact) mass is 293 g/mol. The molecule has 92 valence electrons. The molecule has 2 heteroatoms. The van der Waals surface area contributed by atoms with Crippen LogP contribution in [0.5, 0.6) is 0 Å². The van der Waals surface area contributed by atoms with E-state index in [0.717, 1.165) is 28.8 Å². The lowest BCUT2D eigenvalue weighted by atomic mass is 9.98. The van der Waals surface area contributed by atoms with Crippen molar-refractivity contribution >= 4 is 15.9 Å². The summed E-state index contributed by atoms with van der Waals surface area (Å²) < 4.78 is 1.16. The smallest absolute Gasteiger partial charge is 0.0205 e. The molecule has 17 heavy (non-hydrogen) atoms. The van der Waals surface area contributed by atoms with Gasteiger partial charge in [-0.2, -0.15) is 0 Å². The molecule has 0 aliphatic heterocycles. The van der Waals surface area contributed by atoms with Gasteiger partial charge in [0.05, 0.1) is 0 Å². The lowest BCUT2D eigenvalue weighted by Crippen LogP contribution is -2.25. The molecule has 0 amide bonds. The summed E-state index contributed by atoms with van der Waals surface area (Å²) in [4.78, 5) is 0. The Bertz CT molecular complexity index is 353. The zero-order chi connectivity index (χ0) is 11.7. The third-order valence-electron chi connectivity index (χ3n) is 4.08. The molecule has 3 rings (SSSR count). The molecule has 0 saturated heterocycles. The molecule has 1 aromatic carbocycles. The number of nitrogens with one attached hydrogen (secondary N) is 1. The topological polar surface area (TPSA) is 12.0 Å². The fourth-order valence-corrected chi connectivity index (χ4v) is 3.02. The summed E-state index contributed by atoms with van der Waals surface area (Å²) in [6, 6.07) is 8.63. The highest BCUT2D eigenvalue weighted by Crippen LogP contribution is 2.48. The summed E-state index contributed by atoms with van der Waals surface area (Å²) in [6.07, 6.45) is 5.95. The molecule has 1 N–H and O–H groups in total. The van der Waals surface area contributed by atoms with E-state index in [1.807, 2.05) is 0 Å². The van der Waals surface area contributed by atoms with Gasteiger partial charge in [-0.1, -0.05) is 28.1 Å². The van der Waals surface area contributed by atoms with Crippen molar-refractivity contribution in [1.82, 2.24) is 5.32 Å². The van der Waals surface area contributed by atoms with Gasteiger partial charge in [0.15, 0.2) is 0 Å². The Labute approximate surface area is 112 Å². The van der Waals surface area contributed by atoms with Gasteiger partial charge in [-0.05, 0) is 67.7 Å². The highest BCUT2D eigenvalue weighted by atomic mass is 79.9. The van der Waals surface area contributed by atoms with E-state index in [2.05, 4.69) is 45.5 Å². The van der Waals surface area contributed by atoms with Crippen LogP contribution in [0.25, 0.3) is 0 Å². The predicted octanol–water partition coefficient (Wildman–Crippen LogP) is 3.97. The summed E-state index contributed by atoms with van der Waals surface area (Å²) in [5.74, 6) is 3.09. The quantitative estimate of drug-likeness (QED) is 0.837.